The van der Waals surface area contributed by atoms with Crippen molar-refractivity contribution in [2.75, 3.05) is 5.32 Å². The molecule has 2 aromatic heterocycles. The van der Waals surface area contributed by atoms with Gasteiger partial charge in [0.2, 0.25) is 0 Å². The first-order valence-corrected chi connectivity index (χ1v) is 9.11. The Balaban J connectivity index is 1.77. The summed E-state index contributed by atoms with van der Waals surface area (Å²) in [6.45, 7) is -3.26. The summed E-state index contributed by atoms with van der Waals surface area (Å²) >= 11 is 0. The maximum atomic E-state index is 13.6. The van der Waals surface area contributed by atoms with E-state index >= 15 is 0 Å². The summed E-state index contributed by atoms with van der Waals surface area (Å²) in [6.07, 6.45) is -1.89. The predicted molar refractivity (Wildman–Crippen MR) is 104 cm³/mol. The van der Waals surface area contributed by atoms with Crippen molar-refractivity contribution >= 4 is 17.2 Å². The third-order valence-corrected chi connectivity index (χ3v) is 4.45. The second kappa shape index (κ2) is 8.61. The van der Waals surface area contributed by atoms with Gasteiger partial charge in [-0.1, -0.05) is 30.3 Å². The number of anilines is 1. The van der Waals surface area contributed by atoms with Gasteiger partial charge in [-0.25, -0.2) is 22.7 Å². The molecule has 0 saturated heterocycles. The van der Waals surface area contributed by atoms with E-state index in [2.05, 4.69) is 20.1 Å². The largest absolute Gasteiger partial charge is 0.432 e. The molecule has 1 amide bonds. The smallest absolute Gasteiger partial charge is 0.387 e. The van der Waals surface area contributed by atoms with Crippen molar-refractivity contribution in [2.24, 2.45) is 0 Å². The highest BCUT2D eigenvalue weighted by Gasteiger charge is 2.22. The molecule has 0 unspecified atom stereocenters. The first-order valence-electron chi connectivity index (χ1n) is 9.11. The number of nitrogens with zero attached hydrogens (tertiary/aromatic N) is 3. The van der Waals surface area contributed by atoms with Crippen molar-refractivity contribution in [1.29, 1.82) is 0 Å². The Labute approximate surface area is 177 Å². The Morgan fingerprint density at radius 2 is 1.78 bits per heavy atom. The normalized spacial score (nSPS) is 11.3. The second-order valence-corrected chi connectivity index (χ2v) is 6.50. The summed E-state index contributed by atoms with van der Waals surface area (Å²) < 4.78 is 71.0. The lowest BCUT2D eigenvalue weighted by Gasteiger charge is -2.12. The van der Waals surface area contributed by atoms with Crippen LogP contribution in [0.5, 0.6) is 5.75 Å². The lowest BCUT2D eigenvalue weighted by Crippen LogP contribution is -2.14. The molecule has 0 fully saturated rings. The van der Waals surface area contributed by atoms with Gasteiger partial charge in [0, 0.05) is 11.6 Å². The number of hydrogen-bond donors (Lipinski definition) is 1. The van der Waals surface area contributed by atoms with Crippen LogP contribution in [0, 0.1) is 5.82 Å². The Bertz CT molecular complexity index is 1280. The van der Waals surface area contributed by atoms with Crippen LogP contribution in [0.4, 0.5) is 27.6 Å². The van der Waals surface area contributed by atoms with Gasteiger partial charge in [-0.3, -0.25) is 4.79 Å². The van der Waals surface area contributed by atoms with Crippen LogP contribution in [0.1, 0.15) is 22.5 Å². The lowest BCUT2D eigenvalue weighted by atomic mass is 10.1. The SMILES string of the molecule is O=C(Nc1ccc(F)cc1OC(F)F)c1cnn2c(C(F)F)cc(-c3ccccc3)nc12. The molecule has 164 valence electrons. The van der Waals surface area contributed by atoms with Crippen molar-refractivity contribution in [3.63, 3.8) is 0 Å². The fourth-order valence-electron chi connectivity index (χ4n) is 3.04. The number of ether oxygens (including phenoxy) is 1. The molecular formula is C21H13F5N4O2. The number of rotatable bonds is 6. The number of alkyl halides is 4. The maximum absolute atomic E-state index is 13.6. The maximum Gasteiger partial charge on any atom is 0.387 e. The summed E-state index contributed by atoms with van der Waals surface area (Å²) in [5.41, 5.74) is -0.377. The molecule has 0 spiro atoms. The standard InChI is InChI=1S/C21H13F5N4O2/c22-12-6-7-14(17(8-12)32-21(25)26)29-20(31)13-10-27-30-16(18(23)24)9-15(28-19(13)30)11-4-2-1-3-5-11/h1-10,18,21H,(H,29,31). The highest BCUT2D eigenvalue weighted by atomic mass is 19.3. The molecule has 0 aliphatic rings. The Kier molecular flexibility index (Phi) is 5.71. The number of hydrogen-bond acceptors (Lipinski definition) is 4. The molecule has 1 N–H and O–H groups in total. The Morgan fingerprint density at radius 3 is 2.47 bits per heavy atom. The van der Waals surface area contributed by atoms with Crippen LogP contribution in [0.3, 0.4) is 0 Å². The number of fused-ring (bicyclic) bond motifs is 1. The van der Waals surface area contributed by atoms with E-state index in [1.807, 2.05) is 0 Å². The number of aromatic nitrogens is 3. The van der Waals surface area contributed by atoms with E-state index in [1.165, 1.54) is 0 Å². The summed E-state index contributed by atoms with van der Waals surface area (Å²) in [5.74, 6) is -2.34. The minimum atomic E-state index is -3.26. The highest BCUT2D eigenvalue weighted by molar-refractivity contribution is 6.08. The van der Waals surface area contributed by atoms with E-state index in [0.29, 0.717) is 11.6 Å². The van der Waals surface area contributed by atoms with Gasteiger partial charge in [-0.2, -0.15) is 13.9 Å². The minimum absolute atomic E-state index is 0.169. The fraction of sp³-hybridized carbons (Fsp3) is 0.0952. The third-order valence-electron chi connectivity index (χ3n) is 4.45. The molecule has 2 heterocycles. The molecule has 0 radical (unpaired) electrons. The van der Waals surface area contributed by atoms with E-state index in [-0.39, 0.29) is 22.6 Å². The minimum Gasteiger partial charge on any atom is -0.432 e. The van der Waals surface area contributed by atoms with Crippen LogP contribution in [0.15, 0.2) is 60.8 Å². The van der Waals surface area contributed by atoms with Crippen LogP contribution in [0.25, 0.3) is 16.9 Å². The number of halogens is 5. The van der Waals surface area contributed by atoms with Gasteiger partial charge in [0.15, 0.2) is 11.4 Å². The average Bonchev–Trinajstić information content (AvgIpc) is 3.19. The zero-order chi connectivity index (χ0) is 22.8. The van der Waals surface area contributed by atoms with Gasteiger partial charge in [-0.15, -0.1) is 0 Å². The molecule has 4 aromatic rings. The molecule has 0 aliphatic heterocycles. The van der Waals surface area contributed by atoms with E-state index in [9.17, 15) is 26.7 Å². The molecule has 2 aromatic carbocycles. The van der Waals surface area contributed by atoms with Gasteiger partial charge in [0.05, 0.1) is 17.6 Å². The molecule has 0 atom stereocenters. The van der Waals surface area contributed by atoms with Crippen LogP contribution in [-0.2, 0) is 0 Å². The van der Waals surface area contributed by atoms with Crippen molar-refractivity contribution in [2.45, 2.75) is 13.0 Å². The zero-order valence-corrected chi connectivity index (χ0v) is 16.0. The Morgan fingerprint density at radius 1 is 1.03 bits per heavy atom. The van der Waals surface area contributed by atoms with Gasteiger partial charge in [0.25, 0.3) is 12.3 Å². The number of nitrogens with one attached hydrogen (secondary N) is 1. The number of benzene rings is 2. The van der Waals surface area contributed by atoms with Gasteiger partial charge >= 0.3 is 6.61 Å². The molecular weight excluding hydrogens is 435 g/mol. The lowest BCUT2D eigenvalue weighted by molar-refractivity contribution is -0.0495. The summed E-state index contributed by atoms with van der Waals surface area (Å²) in [6, 6.07) is 12.3. The quantitative estimate of drug-likeness (QED) is 0.405. The predicted octanol–water partition coefficient (Wildman–Crippen LogP) is 5.33. The van der Waals surface area contributed by atoms with E-state index < -0.39 is 36.2 Å². The first kappa shape index (κ1) is 21.2. The second-order valence-electron chi connectivity index (χ2n) is 6.50. The summed E-state index contributed by atoms with van der Waals surface area (Å²) in [5, 5.41) is 6.13. The average molecular weight is 448 g/mol. The molecule has 4 rings (SSSR count). The van der Waals surface area contributed by atoms with Crippen LogP contribution in [-0.4, -0.2) is 27.1 Å². The zero-order valence-electron chi connectivity index (χ0n) is 16.0. The van der Waals surface area contributed by atoms with E-state index in [1.54, 1.807) is 30.3 Å². The van der Waals surface area contributed by atoms with Crippen molar-refractivity contribution in [3.8, 4) is 17.0 Å². The highest BCUT2D eigenvalue weighted by Crippen LogP contribution is 2.29. The monoisotopic (exact) mass is 448 g/mol. The third kappa shape index (κ3) is 4.22. The van der Waals surface area contributed by atoms with Crippen LogP contribution >= 0.6 is 0 Å². The molecule has 32 heavy (non-hydrogen) atoms. The molecule has 0 saturated carbocycles. The van der Waals surface area contributed by atoms with E-state index in [0.717, 1.165) is 28.9 Å². The molecule has 0 bridgehead atoms. The van der Waals surface area contributed by atoms with Gasteiger partial charge in [0.1, 0.15) is 17.1 Å². The summed E-state index contributed by atoms with van der Waals surface area (Å²) in [4.78, 5) is 17.1. The number of carbonyl (C=O) groups excluding carboxylic acids is 1. The number of carbonyl (C=O) groups is 1. The van der Waals surface area contributed by atoms with Crippen molar-refractivity contribution in [3.05, 3.63) is 77.9 Å². The van der Waals surface area contributed by atoms with Gasteiger partial charge < -0.3 is 10.1 Å². The topological polar surface area (TPSA) is 68.5 Å². The van der Waals surface area contributed by atoms with Crippen molar-refractivity contribution in [1.82, 2.24) is 14.6 Å². The van der Waals surface area contributed by atoms with E-state index in [4.69, 9.17) is 0 Å². The fourth-order valence-corrected chi connectivity index (χ4v) is 3.04. The van der Waals surface area contributed by atoms with Gasteiger partial charge in [-0.05, 0) is 18.2 Å². The number of amides is 1. The molecule has 11 heteroatoms. The molecule has 6 nitrogen and oxygen atoms in total. The molecule has 0 aliphatic carbocycles. The summed E-state index contributed by atoms with van der Waals surface area (Å²) in [7, 11) is 0. The first-order chi connectivity index (χ1) is 15.3. The van der Waals surface area contributed by atoms with Crippen LogP contribution in [0.2, 0.25) is 0 Å². The van der Waals surface area contributed by atoms with Crippen molar-refractivity contribution < 1.29 is 31.5 Å². The van der Waals surface area contributed by atoms with Crippen LogP contribution < -0.4 is 10.1 Å². The Hall–Kier alpha value is -4.02.